The lowest BCUT2D eigenvalue weighted by Gasteiger charge is -2.37. The summed E-state index contributed by atoms with van der Waals surface area (Å²) in [6, 6.07) is 5.97. The number of hydroxylamine groups is 1. The van der Waals surface area contributed by atoms with Crippen LogP contribution in [0.15, 0.2) is 24.3 Å². The highest BCUT2D eigenvalue weighted by atomic mass is 16.7. The zero-order valence-electron chi connectivity index (χ0n) is 16.1. The Morgan fingerprint density at radius 2 is 2.07 bits per heavy atom. The number of amides is 1. The number of piperidine rings is 1. The van der Waals surface area contributed by atoms with Crippen molar-refractivity contribution in [1.29, 1.82) is 0 Å². The fourth-order valence-electron chi connectivity index (χ4n) is 4.26. The first-order valence-electron chi connectivity index (χ1n) is 9.86. The third kappa shape index (κ3) is 3.76. The van der Waals surface area contributed by atoms with Crippen molar-refractivity contribution in [2.75, 3.05) is 20.2 Å². The number of hydrogen-bond donors (Lipinski definition) is 1. The molecular formula is C21H28N2O4. The van der Waals surface area contributed by atoms with Crippen molar-refractivity contribution in [3.05, 3.63) is 29.8 Å². The van der Waals surface area contributed by atoms with Gasteiger partial charge < -0.3 is 14.4 Å². The summed E-state index contributed by atoms with van der Waals surface area (Å²) in [5.74, 6) is 1.62. The molecule has 1 spiro atoms. The summed E-state index contributed by atoms with van der Waals surface area (Å²) >= 11 is 0. The van der Waals surface area contributed by atoms with Crippen LogP contribution in [0.4, 0.5) is 0 Å². The molecule has 2 heterocycles. The van der Waals surface area contributed by atoms with Gasteiger partial charge in [-0.3, -0.25) is 15.1 Å². The molecule has 1 saturated heterocycles. The van der Waals surface area contributed by atoms with E-state index < -0.39 is 5.60 Å². The molecule has 1 aliphatic carbocycles. The minimum Gasteiger partial charge on any atom is -0.493 e. The molecule has 1 amide bonds. The van der Waals surface area contributed by atoms with Crippen molar-refractivity contribution >= 4 is 11.6 Å². The Morgan fingerprint density at radius 3 is 2.81 bits per heavy atom. The Hall–Kier alpha value is -2.21. The van der Waals surface area contributed by atoms with E-state index in [1.54, 1.807) is 14.0 Å². The molecule has 1 saturated carbocycles. The number of ether oxygens (including phenoxy) is 2. The SMILES string of the molecule is COc1ccc(C2=CC3(CCCN(C(C)=O)C3)ON2)cc1OC1CCCC1. The Labute approximate surface area is 160 Å². The second-order valence-electron chi connectivity index (χ2n) is 7.76. The van der Waals surface area contributed by atoms with Crippen LogP contribution in [0.3, 0.4) is 0 Å². The monoisotopic (exact) mass is 372 g/mol. The van der Waals surface area contributed by atoms with Gasteiger partial charge in [0.05, 0.1) is 25.5 Å². The Bertz CT molecular complexity index is 742. The van der Waals surface area contributed by atoms with E-state index in [2.05, 4.69) is 11.6 Å². The summed E-state index contributed by atoms with van der Waals surface area (Å²) in [6.07, 6.45) is 8.86. The van der Waals surface area contributed by atoms with Gasteiger partial charge in [-0.05, 0) is 62.8 Å². The van der Waals surface area contributed by atoms with Gasteiger partial charge >= 0.3 is 0 Å². The number of hydrogen-bond acceptors (Lipinski definition) is 5. The van der Waals surface area contributed by atoms with Gasteiger partial charge in [-0.15, -0.1) is 0 Å². The molecule has 0 aromatic heterocycles. The van der Waals surface area contributed by atoms with Crippen molar-refractivity contribution in [2.24, 2.45) is 0 Å². The molecule has 2 aliphatic heterocycles. The lowest BCUT2D eigenvalue weighted by atomic mass is 9.91. The number of nitrogens with one attached hydrogen (secondary N) is 1. The van der Waals surface area contributed by atoms with Crippen LogP contribution in [-0.2, 0) is 9.63 Å². The average molecular weight is 372 g/mol. The van der Waals surface area contributed by atoms with Gasteiger partial charge in [-0.1, -0.05) is 0 Å². The van der Waals surface area contributed by atoms with E-state index in [1.807, 2.05) is 23.1 Å². The van der Waals surface area contributed by atoms with E-state index in [0.29, 0.717) is 6.54 Å². The molecule has 27 heavy (non-hydrogen) atoms. The minimum absolute atomic E-state index is 0.0937. The maximum Gasteiger partial charge on any atom is 0.219 e. The molecule has 6 heteroatoms. The topological polar surface area (TPSA) is 60.0 Å². The fraction of sp³-hybridized carbons (Fsp3) is 0.571. The molecule has 4 rings (SSSR count). The zero-order valence-corrected chi connectivity index (χ0v) is 16.1. The molecule has 1 unspecified atom stereocenters. The van der Waals surface area contributed by atoms with Gasteiger partial charge in [0.2, 0.25) is 5.91 Å². The largest absolute Gasteiger partial charge is 0.493 e. The summed E-state index contributed by atoms with van der Waals surface area (Å²) in [7, 11) is 1.67. The molecule has 0 bridgehead atoms. The predicted octanol–water partition coefficient (Wildman–Crippen LogP) is 3.27. The molecule has 6 nitrogen and oxygen atoms in total. The van der Waals surface area contributed by atoms with Crippen molar-refractivity contribution in [2.45, 2.75) is 57.2 Å². The van der Waals surface area contributed by atoms with Gasteiger partial charge in [0.15, 0.2) is 11.5 Å². The van der Waals surface area contributed by atoms with Crippen molar-refractivity contribution in [3.63, 3.8) is 0 Å². The first-order chi connectivity index (χ1) is 13.1. The third-order valence-corrected chi connectivity index (χ3v) is 5.77. The third-order valence-electron chi connectivity index (χ3n) is 5.77. The van der Waals surface area contributed by atoms with E-state index in [0.717, 1.165) is 55.0 Å². The molecule has 1 N–H and O–H groups in total. The van der Waals surface area contributed by atoms with Crippen LogP contribution in [0.5, 0.6) is 11.5 Å². The highest BCUT2D eigenvalue weighted by Gasteiger charge is 2.40. The molecule has 146 valence electrons. The van der Waals surface area contributed by atoms with Gasteiger partial charge in [0.1, 0.15) is 5.60 Å². The summed E-state index contributed by atoms with van der Waals surface area (Å²) in [5.41, 5.74) is 4.54. The van der Waals surface area contributed by atoms with Crippen molar-refractivity contribution < 1.29 is 19.1 Å². The second-order valence-corrected chi connectivity index (χ2v) is 7.76. The Balaban J connectivity index is 1.56. The van der Waals surface area contributed by atoms with Gasteiger partial charge in [-0.2, -0.15) is 0 Å². The lowest BCUT2D eigenvalue weighted by molar-refractivity contribution is -0.138. The van der Waals surface area contributed by atoms with Crippen LogP contribution in [0.25, 0.3) is 5.70 Å². The number of nitrogens with zero attached hydrogens (tertiary/aromatic N) is 1. The maximum absolute atomic E-state index is 11.8. The minimum atomic E-state index is -0.453. The number of carbonyl (C=O) groups excluding carboxylic acids is 1. The highest BCUT2D eigenvalue weighted by Crippen LogP contribution is 2.37. The van der Waals surface area contributed by atoms with Crippen LogP contribution < -0.4 is 15.0 Å². The highest BCUT2D eigenvalue weighted by molar-refractivity contribution is 5.74. The number of benzene rings is 1. The standard InChI is InChI=1S/C21H28N2O4/c1-15(24)23-11-5-10-21(14-23)13-18(22-27-21)16-8-9-19(25-2)20(12-16)26-17-6-3-4-7-17/h8-9,12-13,17,22H,3-7,10-11,14H2,1-2H3. The number of likely N-dealkylation sites (tertiary alicyclic amines) is 1. The van der Waals surface area contributed by atoms with Crippen molar-refractivity contribution in [1.82, 2.24) is 10.4 Å². The summed E-state index contributed by atoms with van der Waals surface area (Å²) in [6.45, 7) is 2.99. The van der Waals surface area contributed by atoms with Crippen LogP contribution in [-0.4, -0.2) is 42.7 Å². The summed E-state index contributed by atoms with van der Waals surface area (Å²) in [5, 5.41) is 0. The number of carbonyl (C=O) groups is 1. The molecule has 3 aliphatic rings. The zero-order chi connectivity index (χ0) is 18.9. The smallest absolute Gasteiger partial charge is 0.219 e. The summed E-state index contributed by atoms with van der Waals surface area (Å²) in [4.78, 5) is 19.6. The average Bonchev–Trinajstić information content (AvgIpc) is 3.32. The first-order valence-corrected chi connectivity index (χ1v) is 9.86. The fourth-order valence-corrected chi connectivity index (χ4v) is 4.26. The van der Waals surface area contributed by atoms with Gasteiger partial charge in [-0.25, -0.2) is 0 Å². The van der Waals surface area contributed by atoms with Crippen LogP contribution in [0.1, 0.15) is 51.0 Å². The molecular weight excluding hydrogens is 344 g/mol. The Morgan fingerprint density at radius 1 is 1.26 bits per heavy atom. The molecule has 1 aromatic rings. The van der Waals surface area contributed by atoms with Crippen LogP contribution >= 0.6 is 0 Å². The molecule has 1 aromatic carbocycles. The van der Waals surface area contributed by atoms with Gasteiger partial charge in [0.25, 0.3) is 0 Å². The van der Waals surface area contributed by atoms with E-state index in [1.165, 1.54) is 12.8 Å². The van der Waals surface area contributed by atoms with Gasteiger partial charge in [0, 0.05) is 19.0 Å². The number of rotatable bonds is 4. The number of methoxy groups -OCH3 is 1. The van der Waals surface area contributed by atoms with Crippen LogP contribution in [0, 0.1) is 0 Å². The van der Waals surface area contributed by atoms with Crippen LogP contribution in [0.2, 0.25) is 0 Å². The van der Waals surface area contributed by atoms with E-state index in [9.17, 15) is 4.79 Å². The quantitative estimate of drug-likeness (QED) is 0.879. The lowest BCUT2D eigenvalue weighted by Crippen LogP contribution is -2.49. The van der Waals surface area contributed by atoms with E-state index in [4.69, 9.17) is 14.3 Å². The first kappa shape index (κ1) is 18.2. The van der Waals surface area contributed by atoms with E-state index >= 15 is 0 Å². The second kappa shape index (κ2) is 7.43. The molecule has 0 radical (unpaired) electrons. The predicted molar refractivity (Wildman–Crippen MR) is 102 cm³/mol. The molecule has 2 fully saturated rings. The summed E-state index contributed by atoms with van der Waals surface area (Å²) < 4.78 is 11.7. The normalized spacial score (nSPS) is 25.4. The van der Waals surface area contributed by atoms with E-state index in [-0.39, 0.29) is 12.0 Å². The Kier molecular flexibility index (Phi) is 5.00. The maximum atomic E-state index is 11.8. The van der Waals surface area contributed by atoms with Crippen molar-refractivity contribution in [3.8, 4) is 11.5 Å². The molecule has 1 atom stereocenters.